The molecular formula is C28H29Cl4F3N2O8S. The van der Waals surface area contributed by atoms with Crippen molar-refractivity contribution in [2.75, 3.05) is 19.0 Å². The van der Waals surface area contributed by atoms with E-state index in [1.165, 1.54) is 6.92 Å². The summed E-state index contributed by atoms with van der Waals surface area (Å²) in [6, 6.07) is 5.68. The minimum atomic E-state index is -4.61. The molecule has 0 aliphatic rings. The number of halogens is 7. The van der Waals surface area contributed by atoms with E-state index in [0.717, 1.165) is 42.1 Å². The van der Waals surface area contributed by atoms with Crippen molar-refractivity contribution in [1.82, 2.24) is 4.90 Å². The Balaban J connectivity index is 0.000000561. The predicted molar refractivity (Wildman–Crippen MR) is 171 cm³/mol. The molecule has 0 atom stereocenters. The van der Waals surface area contributed by atoms with Crippen molar-refractivity contribution in [3.8, 4) is 11.5 Å². The van der Waals surface area contributed by atoms with Crippen molar-refractivity contribution >= 4 is 81.0 Å². The SMILES string of the molecule is CC(C)N(C(=O)SCC(Cl)=C(Cl)Cl)C(C)C.CCOC(=O)COC(=O)c1cc(Oc2ccc(C(F)(F)F)cc2Cl)ccc1[N+](=O)[O-]. The second-order valence-electron chi connectivity index (χ2n) is 9.38. The van der Waals surface area contributed by atoms with E-state index in [-0.39, 0.29) is 44.9 Å². The minimum Gasteiger partial charge on any atom is -0.463 e. The van der Waals surface area contributed by atoms with E-state index < -0.39 is 46.5 Å². The molecule has 2 aromatic rings. The quantitative estimate of drug-likeness (QED) is 0.125. The highest BCUT2D eigenvalue weighted by Crippen LogP contribution is 2.37. The number of hydrogen-bond donors (Lipinski definition) is 0. The van der Waals surface area contributed by atoms with Crippen LogP contribution >= 0.6 is 58.2 Å². The maximum Gasteiger partial charge on any atom is 0.416 e. The van der Waals surface area contributed by atoms with Gasteiger partial charge in [-0.2, -0.15) is 13.2 Å². The van der Waals surface area contributed by atoms with Crippen LogP contribution in [-0.4, -0.2) is 58.1 Å². The number of nitro benzene ring substituents is 1. The Labute approximate surface area is 287 Å². The zero-order chi connectivity index (χ0) is 35.4. The molecule has 0 aliphatic carbocycles. The van der Waals surface area contributed by atoms with Gasteiger partial charge >= 0.3 is 18.1 Å². The number of benzene rings is 2. The molecule has 10 nitrogen and oxygen atoms in total. The molecule has 0 heterocycles. The second-order valence-corrected chi connectivity index (χ2v) is 12.1. The summed E-state index contributed by atoms with van der Waals surface area (Å²) in [6.45, 7) is 8.73. The molecule has 0 aliphatic heterocycles. The van der Waals surface area contributed by atoms with E-state index in [1.807, 2.05) is 27.7 Å². The number of nitro groups is 1. The van der Waals surface area contributed by atoms with E-state index >= 15 is 0 Å². The molecule has 0 saturated heterocycles. The monoisotopic (exact) mass is 750 g/mol. The van der Waals surface area contributed by atoms with Gasteiger partial charge in [-0.3, -0.25) is 14.9 Å². The van der Waals surface area contributed by atoms with Gasteiger partial charge < -0.3 is 19.1 Å². The number of ether oxygens (including phenoxy) is 3. The lowest BCUT2D eigenvalue weighted by molar-refractivity contribution is -0.385. The molecule has 0 bridgehead atoms. The zero-order valence-corrected chi connectivity index (χ0v) is 28.8. The van der Waals surface area contributed by atoms with Crippen LogP contribution in [0.2, 0.25) is 5.02 Å². The van der Waals surface area contributed by atoms with Gasteiger partial charge in [-0.15, -0.1) is 0 Å². The minimum absolute atomic E-state index is 0.0160. The first-order valence-electron chi connectivity index (χ1n) is 13.1. The first kappa shape index (κ1) is 41.1. The van der Waals surface area contributed by atoms with Crippen LogP contribution in [0.4, 0.5) is 23.7 Å². The molecule has 1 amide bonds. The Morgan fingerprint density at radius 3 is 2.09 bits per heavy atom. The average Bonchev–Trinajstić information content (AvgIpc) is 2.95. The van der Waals surface area contributed by atoms with Gasteiger partial charge in [-0.05, 0) is 58.9 Å². The first-order valence-corrected chi connectivity index (χ1v) is 15.6. The van der Waals surface area contributed by atoms with Crippen molar-refractivity contribution in [1.29, 1.82) is 0 Å². The number of rotatable bonds is 11. The van der Waals surface area contributed by atoms with Gasteiger partial charge in [0.25, 0.3) is 10.9 Å². The van der Waals surface area contributed by atoms with Crippen molar-refractivity contribution in [3.63, 3.8) is 0 Å². The molecule has 2 aromatic carbocycles. The fraction of sp³-hybridized carbons (Fsp3) is 0.393. The molecule has 18 heteroatoms. The fourth-order valence-electron chi connectivity index (χ4n) is 3.47. The summed E-state index contributed by atoms with van der Waals surface area (Å²) in [5.74, 6) is -2.05. The number of nitrogens with zero attached hydrogens (tertiary/aromatic N) is 2. The largest absolute Gasteiger partial charge is 0.463 e. The van der Waals surface area contributed by atoms with Gasteiger partial charge in [0.15, 0.2) is 6.61 Å². The molecule has 46 heavy (non-hydrogen) atoms. The van der Waals surface area contributed by atoms with Crippen LogP contribution in [0.15, 0.2) is 45.9 Å². The van der Waals surface area contributed by atoms with Crippen LogP contribution in [0.5, 0.6) is 11.5 Å². The second kappa shape index (κ2) is 19.0. The lowest BCUT2D eigenvalue weighted by atomic mass is 10.1. The number of thioether (sulfide) groups is 1. The number of amides is 1. The summed E-state index contributed by atoms with van der Waals surface area (Å²) in [6.07, 6.45) is -4.61. The zero-order valence-electron chi connectivity index (χ0n) is 25.0. The van der Waals surface area contributed by atoms with E-state index in [1.54, 1.807) is 4.90 Å². The molecule has 0 spiro atoms. The molecule has 0 N–H and O–H groups in total. The third-order valence-corrected chi connectivity index (χ3v) is 7.67. The lowest BCUT2D eigenvalue weighted by Gasteiger charge is -2.30. The first-order chi connectivity index (χ1) is 21.3. The number of carbonyl (C=O) groups is 3. The summed E-state index contributed by atoms with van der Waals surface area (Å²) >= 11 is 23.6. The Bertz CT molecular complexity index is 1430. The normalized spacial score (nSPS) is 10.9. The molecule has 0 unspecified atom stereocenters. The third-order valence-electron chi connectivity index (χ3n) is 5.35. The van der Waals surface area contributed by atoms with Gasteiger partial charge in [-0.1, -0.05) is 58.2 Å². The van der Waals surface area contributed by atoms with Crippen molar-refractivity contribution in [3.05, 3.63) is 72.2 Å². The molecule has 0 aromatic heterocycles. The van der Waals surface area contributed by atoms with Crippen LogP contribution in [0.3, 0.4) is 0 Å². The maximum atomic E-state index is 12.7. The van der Waals surface area contributed by atoms with Gasteiger partial charge in [0.2, 0.25) is 0 Å². The summed E-state index contributed by atoms with van der Waals surface area (Å²) < 4.78 is 52.8. The molecular weight excluding hydrogens is 723 g/mol. The molecule has 254 valence electrons. The fourth-order valence-corrected chi connectivity index (χ4v) is 5.11. The number of hydrogen-bond acceptors (Lipinski definition) is 9. The Hall–Kier alpha value is -2.91. The van der Waals surface area contributed by atoms with Gasteiger partial charge in [0, 0.05) is 30.0 Å². The highest BCUT2D eigenvalue weighted by atomic mass is 35.5. The van der Waals surface area contributed by atoms with Crippen LogP contribution in [0.25, 0.3) is 0 Å². The standard InChI is InChI=1S/C18H13ClF3NO7.C10H16Cl3NOS/c1-2-28-16(24)9-29-17(25)12-8-11(4-5-14(12)23(26)27)30-15-6-3-10(7-13(15)19)18(20,21)22;1-6(2)14(7(3)4)10(15)16-5-8(11)9(12)13/h3-8H,2,9H2,1H3;6-7H,5H2,1-4H3. The summed E-state index contributed by atoms with van der Waals surface area (Å²) in [4.78, 5) is 47.4. The molecule has 0 fully saturated rings. The van der Waals surface area contributed by atoms with E-state index in [2.05, 4.69) is 4.74 Å². The highest BCUT2D eigenvalue weighted by Gasteiger charge is 2.31. The van der Waals surface area contributed by atoms with E-state index in [4.69, 9.17) is 55.9 Å². The van der Waals surface area contributed by atoms with Gasteiger partial charge in [0.1, 0.15) is 21.6 Å². The molecule has 0 radical (unpaired) electrons. The van der Waals surface area contributed by atoms with Crippen LogP contribution in [-0.2, 0) is 20.4 Å². The summed E-state index contributed by atoms with van der Waals surface area (Å²) in [5, 5.41) is 11.1. The van der Waals surface area contributed by atoms with Gasteiger partial charge in [-0.25, -0.2) is 9.59 Å². The number of esters is 2. The summed E-state index contributed by atoms with van der Waals surface area (Å²) in [5.41, 5.74) is -2.16. The summed E-state index contributed by atoms with van der Waals surface area (Å²) in [7, 11) is 0. The van der Waals surface area contributed by atoms with Crippen molar-refractivity contribution in [2.24, 2.45) is 0 Å². The Morgan fingerprint density at radius 2 is 1.61 bits per heavy atom. The smallest absolute Gasteiger partial charge is 0.416 e. The lowest BCUT2D eigenvalue weighted by Crippen LogP contribution is -2.39. The van der Waals surface area contributed by atoms with Crippen LogP contribution < -0.4 is 4.74 Å². The Morgan fingerprint density at radius 1 is 1.00 bits per heavy atom. The van der Waals surface area contributed by atoms with Gasteiger partial charge in [0.05, 0.1) is 27.1 Å². The molecule has 2 rings (SSSR count). The van der Waals surface area contributed by atoms with Crippen LogP contribution in [0.1, 0.15) is 50.5 Å². The highest BCUT2D eigenvalue weighted by molar-refractivity contribution is 8.13. The van der Waals surface area contributed by atoms with Crippen LogP contribution in [0, 0.1) is 10.1 Å². The Kier molecular flexibility index (Phi) is 17.0. The molecule has 0 saturated carbocycles. The maximum absolute atomic E-state index is 12.7. The number of alkyl halides is 3. The number of carbonyl (C=O) groups excluding carboxylic acids is 3. The van der Waals surface area contributed by atoms with E-state index in [9.17, 15) is 37.7 Å². The van der Waals surface area contributed by atoms with Crippen molar-refractivity contribution < 1.29 is 46.7 Å². The van der Waals surface area contributed by atoms with E-state index in [0.29, 0.717) is 16.9 Å². The third kappa shape index (κ3) is 13.4. The topological polar surface area (TPSA) is 125 Å². The predicted octanol–water partition coefficient (Wildman–Crippen LogP) is 9.62. The average molecular weight is 752 g/mol. The van der Waals surface area contributed by atoms with Crippen molar-refractivity contribution in [2.45, 2.75) is 52.9 Å².